The van der Waals surface area contributed by atoms with E-state index in [1.165, 1.54) is 25.8 Å². The molecule has 0 radical (unpaired) electrons. The molecule has 2 heteroatoms. The van der Waals surface area contributed by atoms with Gasteiger partial charge in [-0.15, -0.1) is 0 Å². The zero-order valence-corrected chi connectivity index (χ0v) is 10.8. The van der Waals surface area contributed by atoms with Gasteiger partial charge in [-0.3, -0.25) is 4.90 Å². The number of hydrogen-bond acceptors (Lipinski definition) is 2. The summed E-state index contributed by atoms with van der Waals surface area (Å²) >= 11 is 0. The Balaban J connectivity index is 2.10. The lowest BCUT2D eigenvalue weighted by Gasteiger charge is -2.35. The van der Waals surface area contributed by atoms with E-state index in [0.717, 1.165) is 19.0 Å². The van der Waals surface area contributed by atoms with Gasteiger partial charge in [0.05, 0.1) is 12.2 Å². The summed E-state index contributed by atoms with van der Waals surface area (Å²) in [7, 11) is 0. The van der Waals surface area contributed by atoms with Crippen molar-refractivity contribution in [2.75, 3.05) is 19.6 Å². The summed E-state index contributed by atoms with van der Waals surface area (Å²) in [4.78, 5) is 2.55. The van der Waals surface area contributed by atoms with E-state index in [1.54, 1.807) is 0 Å². The summed E-state index contributed by atoms with van der Waals surface area (Å²) < 4.78 is 5.72. The summed E-state index contributed by atoms with van der Waals surface area (Å²) in [5.74, 6) is 0.854. The minimum absolute atomic E-state index is 0.416. The van der Waals surface area contributed by atoms with Gasteiger partial charge in [0.1, 0.15) is 0 Å². The van der Waals surface area contributed by atoms with Crippen LogP contribution in [0.2, 0.25) is 0 Å². The maximum atomic E-state index is 5.72. The zero-order valence-electron chi connectivity index (χ0n) is 10.8. The lowest BCUT2D eigenvalue weighted by Crippen LogP contribution is -2.45. The smallest absolute Gasteiger partial charge is 0.0678 e. The van der Waals surface area contributed by atoms with Gasteiger partial charge in [-0.25, -0.2) is 0 Å². The van der Waals surface area contributed by atoms with Gasteiger partial charge in [-0.2, -0.15) is 0 Å². The maximum absolute atomic E-state index is 5.72. The van der Waals surface area contributed by atoms with E-state index in [1.807, 2.05) is 0 Å². The highest BCUT2D eigenvalue weighted by Gasteiger charge is 2.21. The van der Waals surface area contributed by atoms with E-state index in [9.17, 15) is 0 Å². The maximum Gasteiger partial charge on any atom is 0.0678 e. The van der Waals surface area contributed by atoms with Crippen molar-refractivity contribution in [2.45, 2.75) is 59.2 Å². The van der Waals surface area contributed by atoms with Gasteiger partial charge in [-0.1, -0.05) is 26.7 Å². The van der Waals surface area contributed by atoms with Crippen LogP contribution in [0.1, 0.15) is 47.0 Å². The highest BCUT2D eigenvalue weighted by Crippen LogP contribution is 2.12. The predicted octanol–water partition coefficient (Wildman–Crippen LogP) is 2.92. The molecule has 1 saturated heterocycles. The normalized spacial score (nSPS) is 28.6. The van der Waals surface area contributed by atoms with Crippen LogP contribution in [0, 0.1) is 5.92 Å². The standard InChI is InChI=1S/C13H27NO/c1-11(2)7-5-6-8-14-9-12(3)15-13(4)10-14/h11-13H,5-10H2,1-4H3/t12-,13+. The van der Waals surface area contributed by atoms with Crippen molar-refractivity contribution in [1.82, 2.24) is 4.90 Å². The van der Waals surface area contributed by atoms with Crippen molar-refractivity contribution in [3.8, 4) is 0 Å². The molecule has 0 N–H and O–H groups in total. The van der Waals surface area contributed by atoms with Crippen LogP contribution in [0.25, 0.3) is 0 Å². The molecule has 1 heterocycles. The molecule has 1 aliphatic heterocycles. The third kappa shape index (κ3) is 5.53. The first-order valence-corrected chi connectivity index (χ1v) is 6.45. The SMILES string of the molecule is CC(C)CCCCN1C[C@@H](C)O[C@@H](C)C1. The van der Waals surface area contributed by atoms with Crippen LogP contribution in [0.4, 0.5) is 0 Å². The Kier molecular flexibility index (Phi) is 5.62. The molecule has 1 fully saturated rings. The second-order valence-corrected chi connectivity index (χ2v) is 5.41. The van der Waals surface area contributed by atoms with Crippen molar-refractivity contribution in [3.05, 3.63) is 0 Å². The summed E-state index contributed by atoms with van der Waals surface area (Å²) in [5.41, 5.74) is 0. The fourth-order valence-electron chi connectivity index (χ4n) is 2.35. The van der Waals surface area contributed by atoms with E-state index in [0.29, 0.717) is 12.2 Å². The molecule has 0 bridgehead atoms. The third-order valence-electron chi connectivity index (χ3n) is 3.00. The lowest BCUT2D eigenvalue weighted by atomic mass is 10.1. The number of nitrogens with zero attached hydrogens (tertiary/aromatic N) is 1. The number of rotatable bonds is 5. The van der Waals surface area contributed by atoms with E-state index in [4.69, 9.17) is 4.74 Å². The van der Waals surface area contributed by atoms with Crippen molar-refractivity contribution in [1.29, 1.82) is 0 Å². The first-order chi connectivity index (χ1) is 7.08. The van der Waals surface area contributed by atoms with Gasteiger partial charge < -0.3 is 4.74 Å². The topological polar surface area (TPSA) is 12.5 Å². The molecule has 0 aromatic heterocycles. The Morgan fingerprint density at radius 3 is 2.27 bits per heavy atom. The van der Waals surface area contributed by atoms with E-state index in [2.05, 4.69) is 32.6 Å². The molecule has 0 amide bonds. The monoisotopic (exact) mass is 213 g/mol. The molecular weight excluding hydrogens is 186 g/mol. The van der Waals surface area contributed by atoms with Gasteiger partial charge >= 0.3 is 0 Å². The predicted molar refractivity (Wildman–Crippen MR) is 65.1 cm³/mol. The molecule has 15 heavy (non-hydrogen) atoms. The Morgan fingerprint density at radius 2 is 1.73 bits per heavy atom. The Morgan fingerprint density at radius 1 is 1.13 bits per heavy atom. The molecular formula is C13H27NO. The van der Waals surface area contributed by atoms with Crippen LogP contribution in [-0.4, -0.2) is 36.7 Å². The molecule has 1 rings (SSSR count). The minimum atomic E-state index is 0.416. The van der Waals surface area contributed by atoms with Crippen molar-refractivity contribution in [3.63, 3.8) is 0 Å². The molecule has 2 nitrogen and oxygen atoms in total. The van der Waals surface area contributed by atoms with Crippen molar-refractivity contribution < 1.29 is 4.74 Å². The van der Waals surface area contributed by atoms with Gasteiger partial charge in [0.15, 0.2) is 0 Å². The summed E-state index contributed by atoms with van der Waals surface area (Å²) in [6.07, 6.45) is 4.92. The highest BCUT2D eigenvalue weighted by molar-refractivity contribution is 4.72. The molecule has 1 aliphatic rings. The van der Waals surface area contributed by atoms with Gasteiger partial charge in [-0.05, 0) is 32.7 Å². The molecule has 0 aromatic carbocycles. The molecule has 2 atom stereocenters. The van der Waals surface area contributed by atoms with Crippen LogP contribution in [0.15, 0.2) is 0 Å². The molecule has 0 saturated carbocycles. The van der Waals surface area contributed by atoms with Crippen molar-refractivity contribution in [2.24, 2.45) is 5.92 Å². The summed E-state index contributed by atoms with van der Waals surface area (Å²) in [5, 5.41) is 0. The average molecular weight is 213 g/mol. The summed E-state index contributed by atoms with van der Waals surface area (Å²) in [6.45, 7) is 12.5. The number of unbranched alkanes of at least 4 members (excludes halogenated alkanes) is 1. The van der Waals surface area contributed by atoms with Gasteiger partial charge in [0.25, 0.3) is 0 Å². The van der Waals surface area contributed by atoms with E-state index >= 15 is 0 Å². The van der Waals surface area contributed by atoms with Crippen LogP contribution >= 0.6 is 0 Å². The fourth-order valence-corrected chi connectivity index (χ4v) is 2.35. The third-order valence-corrected chi connectivity index (χ3v) is 3.00. The Hall–Kier alpha value is -0.0800. The molecule has 0 aliphatic carbocycles. The first kappa shape index (κ1) is 13.0. The lowest BCUT2D eigenvalue weighted by molar-refractivity contribution is -0.0682. The van der Waals surface area contributed by atoms with E-state index < -0.39 is 0 Å². The number of hydrogen-bond donors (Lipinski definition) is 0. The molecule has 0 aromatic rings. The average Bonchev–Trinajstić information content (AvgIpc) is 2.10. The van der Waals surface area contributed by atoms with Gasteiger partial charge in [0, 0.05) is 13.1 Å². The van der Waals surface area contributed by atoms with Crippen LogP contribution in [0.3, 0.4) is 0 Å². The van der Waals surface area contributed by atoms with E-state index in [-0.39, 0.29) is 0 Å². The van der Waals surface area contributed by atoms with Gasteiger partial charge in [0.2, 0.25) is 0 Å². The second-order valence-electron chi connectivity index (χ2n) is 5.41. The largest absolute Gasteiger partial charge is 0.373 e. The van der Waals surface area contributed by atoms with Crippen molar-refractivity contribution >= 4 is 0 Å². The first-order valence-electron chi connectivity index (χ1n) is 6.45. The second kappa shape index (κ2) is 6.49. The van der Waals surface area contributed by atoms with Crippen LogP contribution in [0.5, 0.6) is 0 Å². The number of ether oxygens (including phenoxy) is 1. The molecule has 0 spiro atoms. The number of morpholine rings is 1. The minimum Gasteiger partial charge on any atom is -0.373 e. The fraction of sp³-hybridized carbons (Fsp3) is 1.00. The summed E-state index contributed by atoms with van der Waals surface area (Å²) in [6, 6.07) is 0. The quantitative estimate of drug-likeness (QED) is 0.651. The van der Waals surface area contributed by atoms with Crippen LogP contribution in [-0.2, 0) is 4.74 Å². The van der Waals surface area contributed by atoms with Crippen LogP contribution < -0.4 is 0 Å². The Labute approximate surface area is 95.0 Å². The Bertz CT molecular complexity index is 160. The molecule has 90 valence electrons. The molecule has 0 unspecified atom stereocenters. The highest BCUT2D eigenvalue weighted by atomic mass is 16.5. The zero-order chi connectivity index (χ0) is 11.3.